The number of alkyl halides is 3. The summed E-state index contributed by atoms with van der Waals surface area (Å²) in [5.41, 5.74) is -0.825. The maximum absolute atomic E-state index is 11.9. The van der Waals surface area contributed by atoms with E-state index in [9.17, 15) is 28.1 Å². The van der Waals surface area contributed by atoms with E-state index in [2.05, 4.69) is 10.3 Å². The molecule has 0 radical (unpaired) electrons. The molecule has 21 heavy (non-hydrogen) atoms. The highest BCUT2D eigenvalue weighted by molar-refractivity contribution is 5.86. The quantitative estimate of drug-likeness (QED) is 0.456. The molecule has 0 unspecified atom stereocenters. The van der Waals surface area contributed by atoms with Crippen LogP contribution in [0.3, 0.4) is 0 Å². The van der Waals surface area contributed by atoms with Crippen molar-refractivity contribution in [1.82, 2.24) is 4.98 Å². The summed E-state index contributed by atoms with van der Waals surface area (Å²) in [7, 11) is 0. The minimum atomic E-state index is -4.24. The fraction of sp³-hybridized carbons (Fsp3) is 0.455. The van der Waals surface area contributed by atoms with E-state index in [-0.39, 0.29) is 25.2 Å². The number of halogens is 3. The second-order valence-electron chi connectivity index (χ2n) is 4.13. The molecule has 1 aromatic rings. The zero-order valence-electron chi connectivity index (χ0n) is 10.7. The van der Waals surface area contributed by atoms with Gasteiger partial charge in [0.15, 0.2) is 5.69 Å². The van der Waals surface area contributed by atoms with Crippen molar-refractivity contribution in [3.63, 3.8) is 0 Å². The van der Waals surface area contributed by atoms with Crippen LogP contribution in [-0.4, -0.2) is 33.7 Å². The third-order valence-electron chi connectivity index (χ3n) is 2.47. The van der Waals surface area contributed by atoms with E-state index in [1.165, 1.54) is 0 Å². The summed E-state index contributed by atoms with van der Waals surface area (Å²) in [5, 5.41) is 22.0. The Morgan fingerprint density at radius 3 is 2.57 bits per heavy atom. The summed E-state index contributed by atoms with van der Waals surface area (Å²) in [4.78, 5) is 24.3. The molecule has 0 aromatic carbocycles. The number of hydrogen-bond acceptors (Lipinski definition) is 5. The maximum atomic E-state index is 11.9. The van der Waals surface area contributed by atoms with Gasteiger partial charge in [-0.25, -0.2) is 9.78 Å². The third kappa shape index (κ3) is 5.63. The Morgan fingerprint density at radius 2 is 2.05 bits per heavy atom. The lowest BCUT2D eigenvalue weighted by Crippen LogP contribution is -2.11. The number of pyridine rings is 1. The van der Waals surface area contributed by atoms with Gasteiger partial charge in [0.25, 0.3) is 0 Å². The number of unbranched alkanes of at least 4 members (excludes halogenated alkanes) is 1. The van der Waals surface area contributed by atoms with Gasteiger partial charge in [0, 0.05) is 19.0 Å². The van der Waals surface area contributed by atoms with E-state index in [0.29, 0.717) is 0 Å². The summed E-state index contributed by atoms with van der Waals surface area (Å²) in [6.45, 7) is 0.0208. The average molecular weight is 307 g/mol. The van der Waals surface area contributed by atoms with Crippen molar-refractivity contribution >= 4 is 17.5 Å². The Bertz CT molecular complexity index is 534. The maximum Gasteiger partial charge on any atom is 0.389 e. The van der Waals surface area contributed by atoms with E-state index in [1.807, 2.05) is 0 Å². The second-order valence-corrected chi connectivity index (χ2v) is 4.13. The molecule has 7 nitrogen and oxygen atoms in total. The highest BCUT2D eigenvalue weighted by Gasteiger charge is 2.26. The number of aromatic nitrogens is 1. The number of carbonyl (C=O) groups is 1. The Kier molecular flexibility index (Phi) is 5.44. The summed E-state index contributed by atoms with van der Waals surface area (Å²) >= 11 is 0. The molecule has 1 heterocycles. The summed E-state index contributed by atoms with van der Waals surface area (Å²) in [6, 6.07) is 1.96. The van der Waals surface area contributed by atoms with Crippen LogP contribution >= 0.6 is 0 Å². The first-order valence-corrected chi connectivity index (χ1v) is 5.90. The van der Waals surface area contributed by atoms with Crippen LogP contribution in [0.25, 0.3) is 0 Å². The molecule has 116 valence electrons. The smallest absolute Gasteiger partial charge is 0.389 e. The molecule has 0 bridgehead atoms. The van der Waals surface area contributed by atoms with Crippen molar-refractivity contribution in [1.29, 1.82) is 0 Å². The van der Waals surface area contributed by atoms with Crippen molar-refractivity contribution in [2.24, 2.45) is 0 Å². The lowest BCUT2D eigenvalue weighted by atomic mass is 10.2. The molecule has 1 rings (SSSR count). The van der Waals surface area contributed by atoms with Crippen LogP contribution in [0, 0.1) is 10.1 Å². The number of nitro groups is 1. The number of anilines is 1. The molecule has 0 amide bonds. The number of nitrogens with one attached hydrogen (secondary N) is 1. The van der Waals surface area contributed by atoms with Gasteiger partial charge < -0.3 is 10.4 Å². The number of nitrogens with zero attached hydrogens (tertiary/aromatic N) is 2. The first-order valence-electron chi connectivity index (χ1n) is 5.90. The van der Waals surface area contributed by atoms with Gasteiger partial charge in [0.2, 0.25) is 5.82 Å². The van der Waals surface area contributed by atoms with E-state index >= 15 is 0 Å². The van der Waals surface area contributed by atoms with Crippen molar-refractivity contribution in [2.75, 3.05) is 11.9 Å². The topological polar surface area (TPSA) is 105 Å². The molecule has 1 aromatic heterocycles. The van der Waals surface area contributed by atoms with Crippen LogP contribution in [0.1, 0.15) is 29.8 Å². The SMILES string of the molecule is O=C(O)c1ccc([N+](=O)[O-])c(NCCCCC(F)(F)F)n1. The molecule has 0 aliphatic carbocycles. The minimum Gasteiger partial charge on any atom is -0.477 e. The molecule has 0 spiro atoms. The molecular weight excluding hydrogens is 295 g/mol. The predicted molar refractivity (Wildman–Crippen MR) is 66.2 cm³/mol. The zero-order valence-corrected chi connectivity index (χ0v) is 10.7. The van der Waals surface area contributed by atoms with E-state index < -0.39 is 34.9 Å². The molecule has 2 N–H and O–H groups in total. The monoisotopic (exact) mass is 307 g/mol. The molecule has 0 saturated carbocycles. The van der Waals surface area contributed by atoms with Crippen molar-refractivity contribution in [2.45, 2.75) is 25.4 Å². The van der Waals surface area contributed by atoms with Crippen LogP contribution < -0.4 is 5.32 Å². The molecule has 10 heteroatoms. The number of carboxylic acids is 1. The van der Waals surface area contributed by atoms with Gasteiger partial charge in [-0.05, 0) is 18.9 Å². The summed E-state index contributed by atoms with van der Waals surface area (Å²) in [6.07, 6.45) is -5.20. The minimum absolute atomic E-state index is 0.0208. The number of aromatic carboxylic acids is 1. The largest absolute Gasteiger partial charge is 0.477 e. The van der Waals surface area contributed by atoms with Crippen LogP contribution in [0.15, 0.2) is 12.1 Å². The molecule has 0 saturated heterocycles. The molecular formula is C11H12F3N3O4. The van der Waals surface area contributed by atoms with Crippen LogP contribution in [0.5, 0.6) is 0 Å². The fourth-order valence-electron chi connectivity index (χ4n) is 1.51. The first kappa shape index (κ1) is 16.7. The van der Waals surface area contributed by atoms with Crippen LogP contribution in [-0.2, 0) is 0 Å². The van der Waals surface area contributed by atoms with E-state index in [4.69, 9.17) is 5.11 Å². The fourth-order valence-corrected chi connectivity index (χ4v) is 1.51. The molecule has 0 aliphatic heterocycles. The van der Waals surface area contributed by atoms with Gasteiger partial charge in [-0.3, -0.25) is 10.1 Å². The number of rotatable bonds is 7. The Morgan fingerprint density at radius 1 is 1.38 bits per heavy atom. The van der Waals surface area contributed by atoms with Crippen LogP contribution in [0.4, 0.5) is 24.7 Å². The first-order chi connectivity index (χ1) is 9.70. The van der Waals surface area contributed by atoms with E-state index in [0.717, 1.165) is 12.1 Å². The van der Waals surface area contributed by atoms with Crippen LogP contribution in [0.2, 0.25) is 0 Å². The van der Waals surface area contributed by atoms with Gasteiger partial charge in [0.1, 0.15) is 0 Å². The zero-order chi connectivity index (χ0) is 16.0. The van der Waals surface area contributed by atoms with Gasteiger partial charge in [-0.1, -0.05) is 0 Å². The Labute approximate surface area is 116 Å². The molecule has 0 fully saturated rings. The predicted octanol–water partition coefficient (Wildman–Crippen LogP) is 2.83. The number of carboxylic acid groups (broad SMARTS) is 1. The Hall–Kier alpha value is -2.39. The second kappa shape index (κ2) is 6.86. The van der Waals surface area contributed by atoms with Gasteiger partial charge in [-0.2, -0.15) is 13.2 Å². The average Bonchev–Trinajstić information content (AvgIpc) is 2.36. The highest BCUT2D eigenvalue weighted by Crippen LogP contribution is 2.24. The van der Waals surface area contributed by atoms with Crippen molar-refractivity contribution < 1.29 is 28.0 Å². The lowest BCUT2D eigenvalue weighted by Gasteiger charge is -2.08. The normalized spacial score (nSPS) is 11.2. The van der Waals surface area contributed by atoms with Gasteiger partial charge in [0.05, 0.1) is 4.92 Å². The van der Waals surface area contributed by atoms with Crippen molar-refractivity contribution in [3.05, 3.63) is 27.9 Å². The standard InChI is InChI=1S/C11H12F3N3O4/c12-11(13,14)5-1-2-6-15-9-8(17(20)21)4-3-7(16-9)10(18)19/h3-4H,1-2,5-6H2,(H,15,16)(H,18,19). The third-order valence-corrected chi connectivity index (χ3v) is 2.47. The molecule has 0 aliphatic rings. The number of hydrogen-bond donors (Lipinski definition) is 2. The lowest BCUT2D eigenvalue weighted by molar-refractivity contribution is -0.384. The summed E-state index contributed by atoms with van der Waals surface area (Å²) < 4.78 is 35.8. The molecule has 0 atom stereocenters. The van der Waals surface area contributed by atoms with Gasteiger partial charge in [-0.15, -0.1) is 0 Å². The Balaban J connectivity index is 2.66. The highest BCUT2D eigenvalue weighted by atomic mass is 19.4. The van der Waals surface area contributed by atoms with Crippen molar-refractivity contribution in [3.8, 4) is 0 Å². The summed E-state index contributed by atoms with van der Waals surface area (Å²) in [5.74, 6) is -1.63. The van der Waals surface area contributed by atoms with Gasteiger partial charge >= 0.3 is 17.8 Å². The van der Waals surface area contributed by atoms with E-state index in [1.54, 1.807) is 0 Å².